The fraction of sp³-hybridized carbons (Fsp3) is 0.500. The summed E-state index contributed by atoms with van der Waals surface area (Å²) in [7, 11) is 0. The highest BCUT2D eigenvalue weighted by Gasteiger charge is 2.27. The van der Waals surface area contributed by atoms with Gasteiger partial charge in [0.25, 0.3) is 0 Å². The first-order chi connectivity index (χ1) is 8.88. The van der Waals surface area contributed by atoms with Crippen molar-refractivity contribution in [2.45, 2.75) is 25.8 Å². The van der Waals surface area contributed by atoms with Crippen LogP contribution >= 0.6 is 11.3 Å². The van der Waals surface area contributed by atoms with Crippen LogP contribution in [0.4, 0.5) is 5.82 Å². The van der Waals surface area contributed by atoms with Crippen LogP contribution in [0.15, 0.2) is 23.7 Å². The Balaban J connectivity index is 1.60. The van der Waals surface area contributed by atoms with Crippen molar-refractivity contribution in [2.75, 3.05) is 25.0 Å². The maximum Gasteiger partial charge on any atom is 0.134 e. The maximum absolute atomic E-state index is 4.44. The monoisotopic (exact) mass is 261 g/mol. The standard InChI is InChI=1S/C14H19N3S/c1-2-17(11-3-4-11)9-8-16-14-12-6-10-18-13(12)5-7-15-14/h5-7,10-11H,2-4,8-9H2,1H3,(H,15,16). The number of nitrogens with zero attached hydrogens (tertiary/aromatic N) is 2. The van der Waals surface area contributed by atoms with Crippen molar-refractivity contribution >= 4 is 27.2 Å². The molecule has 1 saturated carbocycles. The van der Waals surface area contributed by atoms with E-state index in [9.17, 15) is 0 Å². The first-order valence-corrected chi connectivity index (χ1v) is 7.56. The molecule has 18 heavy (non-hydrogen) atoms. The molecular weight excluding hydrogens is 242 g/mol. The van der Waals surface area contributed by atoms with Gasteiger partial charge in [-0.05, 0) is 36.9 Å². The number of rotatable bonds is 6. The zero-order valence-corrected chi connectivity index (χ0v) is 11.5. The van der Waals surface area contributed by atoms with Gasteiger partial charge < -0.3 is 5.32 Å². The minimum Gasteiger partial charge on any atom is -0.368 e. The molecule has 1 aliphatic rings. The smallest absolute Gasteiger partial charge is 0.134 e. The van der Waals surface area contributed by atoms with Crippen molar-refractivity contribution in [2.24, 2.45) is 0 Å². The molecule has 96 valence electrons. The van der Waals surface area contributed by atoms with Gasteiger partial charge in [0.15, 0.2) is 0 Å². The average Bonchev–Trinajstić information content (AvgIpc) is 3.11. The van der Waals surface area contributed by atoms with Crippen molar-refractivity contribution < 1.29 is 0 Å². The molecule has 0 amide bonds. The normalized spacial score (nSPS) is 15.4. The van der Waals surface area contributed by atoms with Crippen molar-refractivity contribution in [3.8, 4) is 0 Å². The molecule has 4 heteroatoms. The van der Waals surface area contributed by atoms with Gasteiger partial charge in [-0.1, -0.05) is 6.92 Å². The zero-order valence-electron chi connectivity index (χ0n) is 10.7. The van der Waals surface area contributed by atoms with Crippen LogP contribution in [0.5, 0.6) is 0 Å². The van der Waals surface area contributed by atoms with E-state index in [2.05, 4.69) is 39.6 Å². The Morgan fingerprint density at radius 1 is 1.44 bits per heavy atom. The summed E-state index contributed by atoms with van der Waals surface area (Å²) >= 11 is 1.77. The van der Waals surface area contributed by atoms with Crippen LogP contribution in [-0.2, 0) is 0 Å². The number of likely N-dealkylation sites (N-methyl/N-ethyl adjacent to an activating group) is 1. The Kier molecular flexibility index (Phi) is 3.48. The van der Waals surface area contributed by atoms with E-state index < -0.39 is 0 Å². The largest absolute Gasteiger partial charge is 0.368 e. The van der Waals surface area contributed by atoms with E-state index in [-0.39, 0.29) is 0 Å². The molecule has 0 aromatic carbocycles. The molecule has 1 N–H and O–H groups in total. The minimum atomic E-state index is 0.849. The van der Waals surface area contributed by atoms with Crippen LogP contribution < -0.4 is 5.32 Å². The second-order valence-electron chi connectivity index (χ2n) is 4.78. The summed E-state index contributed by atoms with van der Waals surface area (Å²) in [6.45, 7) is 5.49. The number of anilines is 1. The summed E-state index contributed by atoms with van der Waals surface area (Å²) < 4.78 is 1.31. The summed E-state index contributed by atoms with van der Waals surface area (Å²) in [5.41, 5.74) is 0. The van der Waals surface area contributed by atoms with E-state index >= 15 is 0 Å². The number of thiophene rings is 1. The third kappa shape index (κ3) is 2.49. The molecule has 0 bridgehead atoms. The predicted molar refractivity (Wildman–Crippen MR) is 78.4 cm³/mol. The third-order valence-electron chi connectivity index (χ3n) is 3.54. The van der Waals surface area contributed by atoms with Crippen LogP contribution in [-0.4, -0.2) is 35.6 Å². The van der Waals surface area contributed by atoms with Crippen LogP contribution in [0.1, 0.15) is 19.8 Å². The van der Waals surface area contributed by atoms with Gasteiger partial charge in [-0.3, -0.25) is 4.90 Å². The van der Waals surface area contributed by atoms with Gasteiger partial charge in [0.1, 0.15) is 5.82 Å². The van der Waals surface area contributed by atoms with Crippen LogP contribution in [0.2, 0.25) is 0 Å². The van der Waals surface area contributed by atoms with E-state index in [0.717, 1.165) is 31.5 Å². The minimum absolute atomic E-state index is 0.849. The molecule has 3 nitrogen and oxygen atoms in total. The quantitative estimate of drug-likeness (QED) is 0.865. The van der Waals surface area contributed by atoms with E-state index in [4.69, 9.17) is 0 Å². The summed E-state index contributed by atoms with van der Waals surface area (Å²) in [6.07, 6.45) is 4.65. The van der Waals surface area contributed by atoms with E-state index in [1.165, 1.54) is 22.9 Å². The van der Waals surface area contributed by atoms with Crippen LogP contribution in [0.25, 0.3) is 10.1 Å². The molecular formula is C14H19N3S. The first-order valence-electron chi connectivity index (χ1n) is 6.68. The SMILES string of the molecule is CCN(CCNc1nccc2sccc12)C1CC1. The zero-order chi connectivity index (χ0) is 12.4. The molecule has 1 aliphatic carbocycles. The van der Waals surface area contributed by atoms with Crippen molar-refractivity contribution in [3.05, 3.63) is 23.7 Å². The molecule has 2 aromatic heterocycles. The summed E-state index contributed by atoms with van der Waals surface area (Å²) in [6, 6.07) is 5.07. The molecule has 0 aliphatic heterocycles. The second-order valence-corrected chi connectivity index (χ2v) is 5.73. The van der Waals surface area contributed by atoms with Gasteiger partial charge in [-0.15, -0.1) is 11.3 Å². The fourth-order valence-corrected chi connectivity index (χ4v) is 3.17. The molecule has 2 heterocycles. The number of aromatic nitrogens is 1. The highest BCUT2D eigenvalue weighted by Crippen LogP contribution is 2.27. The molecule has 2 aromatic rings. The first kappa shape index (κ1) is 11.9. The molecule has 1 fully saturated rings. The van der Waals surface area contributed by atoms with E-state index in [1.807, 2.05) is 6.20 Å². The number of nitrogens with one attached hydrogen (secondary N) is 1. The predicted octanol–water partition coefficient (Wildman–Crippen LogP) is 3.19. The molecule has 0 radical (unpaired) electrons. The van der Waals surface area contributed by atoms with Gasteiger partial charge in [-0.2, -0.15) is 0 Å². The lowest BCUT2D eigenvalue weighted by atomic mass is 10.3. The summed E-state index contributed by atoms with van der Waals surface area (Å²) in [5, 5.41) is 6.85. The Hall–Kier alpha value is -1.13. The molecule has 0 saturated heterocycles. The van der Waals surface area contributed by atoms with Gasteiger partial charge in [0.05, 0.1) is 0 Å². The lowest BCUT2D eigenvalue weighted by molar-refractivity contribution is 0.289. The Morgan fingerprint density at radius 3 is 3.11 bits per heavy atom. The Morgan fingerprint density at radius 2 is 2.33 bits per heavy atom. The van der Waals surface area contributed by atoms with Gasteiger partial charge in [0, 0.05) is 35.4 Å². The maximum atomic E-state index is 4.44. The lowest BCUT2D eigenvalue weighted by Crippen LogP contribution is -2.31. The molecule has 3 rings (SSSR count). The van der Waals surface area contributed by atoms with Crippen molar-refractivity contribution in [1.29, 1.82) is 0 Å². The number of hydrogen-bond acceptors (Lipinski definition) is 4. The number of hydrogen-bond donors (Lipinski definition) is 1. The van der Waals surface area contributed by atoms with Gasteiger partial charge in [0.2, 0.25) is 0 Å². The van der Waals surface area contributed by atoms with Crippen molar-refractivity contribution in [3.63, 3.8) is 0 Å². The molecule has 0 unspecified atom stereocenters. The second kappa shape index (κ2) is 5.24. The van der Waals surface area contributed by atoms with Gasteiger partial charge in [-0.25, -0.2) is 4.98 Å². The number of fused-ring (bicyclic) bond motifs is 1. The third-order valence-corrected chi connectivity index (χ3v) is 4.42. The van der Waals surface area contributed by atoms with Crippen molar-refractivity contribution in [1.82, 2.24) is 9.88 Å². The number of pyridine rings is 1. The lowest BCUT2D eigenvalue weighted by Gasteiger charge is -2.20. The summed E-state index contributed by atoms with van der Waals surface area (Å²) in [4.78, 5) is 7.00. The highest BCUT2D eigenvalue weighted by molar-refractivity contribution is 7.17. The molecule has 0 spiro atoms. The average molecular weight is 261 g/mol. The van der Waals surface area contributed by atoms with Crippen LogP contribution in [0, 0.1) is 0 Å². The van der Waals surface area contributed by atoms with Crippen LogP contribution in [0.3, 0.4) is 0 Å². The Labute approximate surface area is 112 Å². The topological polar surface area (TPSA) is 28.2 Å². The van der Waals surface area contributed by atoms with E-state index in [0.29, 0.717) is 0 Å². The highest BCUT2D eigenvalue weighted by atomic mass is 32.1. The van der Waals surface area contributed by atoms with Gasteiger partial charge >= 0.3 is 0 Å². The summed E-state index contributed by atoms with van der Waals surface area (Å²) in [5.74, 6) is 1.03. The molecule has 0 atom stereocenters. The van der Waals surface area contributed by atoms with E-state index in [1.54, 1.807) is 11.3 Å². The fourth-order valence-electron chi connectivity index (χ4n) is 2.39. The Bertz CT molecular complexity index is 518.